The number of nitrogens with one attached hydrogen (secondary N) is 1. The Kier molecular flexibility index (Phi) is 7.48. The molecule has 1 heterocycles. The summed E-state index contributed by atoms with van der Waals surface area (Å²) in [7, 11) is 0. The lowest BCUT2D eigenvalue weighted by atomic mass is 10.0. The Hall–Kier alpha value is -3.68. The van der Waals surface area contributed by atoms with Crippen LogP contribution in [0.4, 0.5) is 10.5 Å². The van der Waals surface area contributed by atoms with Gasteiger partial charge >= 0.3 is 6.03 Å². The molecule has 1 N–H and O–H groups in total. The predicted molar refractivity (Wildman–Crippen MR) is 139 cm³/mol. The van der Waals surface area contributed by atoms with E-state index in [1.807, 2.05) is 36.4 Å². The number of halogens is 2. The number of allylic oxidation sites excluding steroid dienone is 1. The van der Waals surface area contributed by atoms with Crippen LogP contribution in [0.1, 0.15) is 16.7 Å². The topological polar surface area (TPSA) is 75.7 Å². The lowest BCUT2D eigenvalue weighted by Gasteiger charge is -2.26. The Bertz CT molecular complexity index is 1340. The Morgan fingerprint density at radius 2 is 1.74 bits per heavy atom. The number of hydrogen-bond acceptors (Lipinski definition) is 4. The van der Waals surface area contributed by atoms with Gasteiger partial charge in [-0.3, -0.25) is 14.9 Å². The standard InChI is InChI=1S/C27H20BrClN2O4/c1-2-6-19-13-18(15-23(28)24(19)35-16-17-7-4-3-5-8-17)14-22-25(32)30-27(34)31(26(22)33)21-11-9-20(29)10-12-21/h2-5,7-15H,1,6,16H2,(H,30,32,34)/b22-14+. The molecule has 0 aromatic heterocycles. The van der Waals surface area contributed by atoms with Crippen molar-refractivity contribution in [3.63, 3.8) is 0 Å². The molecule has 8 heteroatoms. The molecule has 0 saturated carbocycles. The molecule has 0 unspecified atom stereocenters. The number of hydrogen-bond donors (Lipinski definition) is 1. The van der Waals surface area contributed by atoms with Crippen LogP contribution in [0.3, 0.4) is 0 Å². The number of carbonyl (C=O) groups is 3. The molecule has 6 nitrogen and oxygen atoms in total. The molecule has 3 aromatic rings. The third-order valence-electron chi connectivity index (χ3n) is 5.23. The zero-order valence-corrected chi connectivity index (χ0v) is 20.8. The fourth-order valence-corrected chi connectivity index (χ4v) is 4.36. The number of imide groups is 2. The van der Waals surface area contributed by atoms with Crippen LogP contribution in [0, 0.1) is 0 Å². The van der Waals surface area contributed by atoms with Crippen LogP contribution in [0.5, 0.6) is 5.75 Å². The lowest BCUT2D eigenvalue weighted by molar-refractivity contribution is -0.122. The second-order valence-electron chi connectivity index (χ2n) is 7.69. The predicted octanol–water partition coefficient (Wildman–Crippen LogP) is 6.08. The number of benzene rings is 3. The summed E-state index contributed by atoms with van der Waals surface area (Å²) in [5.74, 6) is -0.851. The number of rotatable bonds is 7. The Balaban J connectivity index is 1.67. The number of nitrogens with zero attached hydrogens (tertiary/aromatic N) is 1. The number of amides is 4. The van der Waals surface area contributed by atoms with Crippen LogP contribution < -0.4 is 15.0 Å². The largest absolute Gasteiger partial charge is 0.487 e. The van der Waals surface area contributed by atoms with Gasteiger partial charge in [0.15, 0.2) is 0 Å². The maximum Gasteiger partial charge on any atom is 0.335 e. The van der Waals surface area contributed by atoms with Crippen LogP contribution in [0.15, 0.2) is 89.4 Å². The van der Waals surface area contributed by atoms with Crippen molar-refractivity contribution in [1.29, 1.82) is 0 Å². The van der Waals surface area contributed by atoms with Crippen LogP contribution in [0.2, 0.25) is 5.02 Å². The monoisotopic (exact) mass is 550 g/mol. The molecule has 0 radical (unpaired) electrons. The van der Waals surface area contributed by atoms with E-state index in [4.69, 9.17) is 16.3 Å². The summed E-state index contributed by atoms with van der Waals surface area (Å²) < 4.78 is 6.73. The molecule has 35 heavy (non-hydrogen) atoms. The molecule has 1 aliphatic rings. The van der Waals surface area contributed by atoms with Crippen molar-refractivity contribution >= 4 is 57.1 Å². The van der Waals surface area contributed by atoms with Gasteiger partial charge in [-0.05, 0) is 81.5 Å². The maximum absolute atomic E-state index is 13.1. The van der Waals surface area contributed by atoms with E-state index in [9.17, 15) is 14.4 Å². The Labute approximate surface area is 216 Å². The number of urea groups is 1. The minimum atomic E-state index is -0.822. The van der Waals surface area contributed by atoms with Crippen molar-refractivity contribution < 1.29 is 19.1 Å². The molecule has 4 amide bonds. The van der Waals surface area contributed by atoms with Crippen molar-refractivity contribution in [2.75, 3.05) is 4.90 Å². The molecule has 0 aliphatic carbocycles. The van der Waals surface area contributed by atoms with Gasteiger partial charge in [-0.1, -0.05) is 48.0 Å². The summed E-state index contributed by atoms with van der Waals surface area (Å²) in [6, 6.07) is 18.7. The van der Waals surface area contributed by atoms with Gasteiger partial charge in [-0.15, -0.1) is 6.58 Å². The summed E-state index contributed by atoms with van der Waals surface area (Å²) in [4.78, 5) is 39.0. The van der Waals surface area contributed by atoms with Gasteiger partial charge < -0.3 is 4.74 Å². The van der Waals surface area contributed by atoms with Gasteiger partial charge in [0.25, 0.3) is 11.8 Å². The lowest BCUT2D eigenvalue weighted by Crippen LogP contribution is -2.54. The van der Waals surface area contributed by atoms with E-state index in [1.54, 1.807) is 24.3 Å². The summed E-state index contributed by atoms with van der Waals surface area (Å²) in [6.07, 6.45) is 3.70. The summed E-state index contributed by atoms with van der Waals surface area (Å²) in [5.41, 5.74) is 2.56. The van der Waals surface area contributed by atoms with Gasteiger partial charge in [0.2, 0.25) is 0 Å². The molecule has 1 fully saturated rings. The van der Waals surface area contributed by atoms with Crippen molar-refractivity contribution in [1.82, 2.24) is 5.32 Å². The van der Waals surface area contributed by atoms with E-state index in [-0.39, 0.29) is 5.57 Å². The zero-order valence-electron chi connectivity index (χ0n) is 18.5. The molecule has 0 bridgehead atoms. The second-order valence-corrected chi connectivity index (χ2v) is 8.98. The van der Waals surface area contributed by atoms with E-state index >= 15 is 0 Å². The van der Waals surface area contributed by atoms with Gasteiger partial charge in [0, 0.05) is 5.02 Å². The molecule has 1 saturated heterocycles. The van der Waals surface area contributed by atoms with E-state index in [1.165, 1.54) is 18.2 Å². The van der Waals surface area contributed by atoms with Gasteiger partial charge in [0.1, 0.15) is 17.9 Å². The van der Waals surface area contributed by atoms with E-state index in [0.717, 1.165) is 16.0 Å². The van der Waals surface area contributed by atoms with Crippen LogP contribution >= 0.6 is 27.5 Å². The molecular formula is C27H20BrClN2O4. The van der Waals surface area contributed by atoms with Gasteiger partial charge in [0.05, 0.1) is 10.2 Å². The molecular weight excluding hydrogens is 532 g/mol. The second kappa shape index (κ2) is 10.7. The minimum Gasteiger partial charge on any atom is -0.487 e. The van der Waals surface area contributed by atoms with Gasteiger partial charge in [-0.25, -0.2) is 9.69 Å². The Morgan fingerprint density at radius 3 is 2.43 bits per heavy atom. The first-order valence-corrected chi connectivity index (χ1v) is 11.8. The normalized spacial score (nSPS) is 14.7. The summed E-state index contributed by atoms with van der Waals surface area (Å²) in [6.45, 7) is 4.19. The zero-order chi connectivity index (χ0) is 24.9. The van der Waals surface area contributed by atoms with Crippen molar-refractivity contribution in [3.05, 3.63) is 111 Å². The summed E-state index contributed by atoms with van der Waals surface area (Å²) in [5, 5.41) is 2.68. The highest BCUT2D eigenvalue weighted by atomic mass is 79.9. The van der Waals surface area contributed by atoms with Crippen molar-refractivity contribution in [3.8, 4) is 5.75 Å². The highest BCUT2D eigenvalue weighted by Crippen LogP contribution is 2.33. The van der Waals surface area contributed by atoms with E-state index in [0.29, 0.717) is 39.5 Å². The first-order chi connectivity index (χ1) is 16.9. The molecule has 4 rings (SSSR count). The fourth-order valence-electron chi connectivity index (χ4n) is 3.60. The molecule has 176 valence electrons. The smallest absolute Gasteiger partial charge is 0.335 e. The van der Waals surface area contributed by atoms with Crippen molar-refractivity contribution in [2.45, 2.75) is 13.0 Å². The number of barbiturate groups is 1. The van der Waals surface area contributed by atoms with Crippen LogP contribution in [-0.2, 0) is 22.6 Å². The van der Waals surface area contributed by atoms with Crippen LogP contribution in [-0.4, -0.2) is 17.8 Å². The maximum atomic E-state index is 13.1. The van der Waals surface area contributed by atoms with E-state index in [2.05, 4.69) is 27.8 Å². The first kappa shape index (κ1) is 24.4. The number of carbonyl (C=O) groups excluding carboxylic acids is 3. The number of ether oxygens (including phenoxy) is 1. The average Bonchev–Trinajstić information content (AvgIpc) is 2.83. The fraction of sp³-hybridized carbons (Fsp3) is 0.0741. The molecule has 0 spiro atoms. The van der Waals surface area contributed by atoms with E-state index < -0.39 is 17.8 Å². The molecule has 1 aliphatic heterocycles. The third-order valence-corrected chi connectivity index (χ3v) is 6.07. The van der Waals surface area contributed by atoms with Crippen LogP contribution in [0.25, 0.3) is 6.08 Å². The SMILES string of the molecule is C=CCc1cc(/C=C2\C(=O)NC(=O)N(c3ccc(Cl)cc3)C2=O)cc(Br)c1OCc1ccccc1. The van der Waals surface area contributed by atoms with Gasteiger partial charge in [-0.2, -0.15) is 0 Å². The third kappa shape index (κ3) is 5.53. The number of anilines is 1. The highest BCUT2D eigenvalue weighted by Gasteiger charge is 2.36. The molecule has 3 aromatic carbocycles. The first-order valence-electron chi connectivity index (χ1n) is 10.6. The Morgan fingerprint density at radius 1 is 1.03 bits per heavy atom. The van der Waals surface area contributed by atoms with Crippen molar-refractivity contribution in [2.24, 2.45) is 0 Å². The minimum absolute atomic E-state index is 0.172. The molecule has 0 atom stereocenters. The highest BCUT2D eigenvalue weighted by molar-refractivity contribution is 9.10. The summed E-state index contributed by atoms with van der Waals surface area (Å²) >= 11 is 9.47. The quantitative estimate of drug-likeness (QED) is 0.219. The average molecular weight is 552 g/mol.